The van der Waals surface area contributed by atoms with Gasteiger partial charge in [0, 0.05) is 13.1 Å². The molecule has 0 spiro atoms. The van der Waals surface area contributed by atoms with Gasteiger partial charge in [-0.05, 0) is 31.2 Å². The Bertz CT molecular complexity index is 469. The Labute approximate surface area is 120 Å². The Hall–Kier alpha value is -1.84. The van der Waals surface area contributed by atoms with Crippen LogP contribution >= 0.6 is 0 Å². The van der Waals surface area contributed by atoms with Crippen LogP contribution in [-0.2, 0) is 16.0 Å². The predicted molar refractivity (Wildman–Crippen MR) is 78.1 cm³/mol. The Morgan fingerprint density at radius 1 is 1.30 bits per heavy atom. The van der Waals surface area contributed by atoms with Gasteiger partial charge in [0.25, 0.3) is 0 Å². The molecule has 2 amide bonds. The zero-order valence-electron chi connectivity index (χ0n) is 12.1. The van der Waals surface area contributed by atoms with E-state index in [2.05, 4.69) is 12.2 Å². The van der Waals surface area contributed by atoms with Crippen LogP contribution < -0.4 is 5.32 Å². The van der Waals surface area contributed by atoms with Gasteiger partial charge in [0.15, 0.2) is 0 Å². The lowest BCUT2D eigenvalue weighted by Gasteiger charge is -2.25. The van der Waals surface area contributed by atoms with Crippen LogP contribution in [0.15, 0.2) is 30.3 Å². The van der Waals surface area contributed by atoms with Crippen LogP contribution in [0.4, 0.5) is 0 Å². The second kappa shape index (κ2) is 6.55. The summed E-state index contributed by atoms with van der Waals surface area (Å²) in [4.78, 5) is 25.5. The summed E-state index contributed by atoms with van der Waals surface area (Å²) in [6, 6.07) is 9.80. The highest BCUT2D eigenvalue weighted by atomic mass is 16.2. The molecule has 20 heavy (non-hydrogen) atoms. The average molecular weight is 274 g/mol. The van der Waals surface area contributed by atoms with Gasteiger partial charge in [-0.1, -0.05) is 30.3 Å². The molecule has 0 aliphatic heterocycles. The fourth-order valence-corrected chi connectivity index (χ4v) is 2.26. The van der Waals surface area contributed by atoms with Gasteiger partial charge in [-0.15, -0.1) is 0 Å². The normalized spacial score (nSPS) is 15.5. The van der Waals surface area contributed by atoms with Crippen molar-refractivity contribution in [2.75, 3.05) is 13.6 Å². The van der Waals surface area contributed by atoms with Gasteiger partial charge in [-0.3, -0.25) is 9.59 Å². The average Bonchev–Trinajstić information content (AvgIpc) is 3.29. The summed E-state index contributed by atoms with van der Waals surface area (Å²) in [5.41, 5.74) is 0.956. The first-order valence-electron chi connectivity index (χ1n) is 7.14. The minimum atomic E-state index is -0.114. The summed E-state index contributed by atoms with van der Waals surface area (Å²) in [7, 11) is 1.81. The van der Waals surface area contributed by atoms with Crippen LogP contribution in [0.25, 0.3) is 0 Å². The molecule has 0 unspecified atom stereocenters. The third kappa shape index (κ3) is 4.08. The third-order valence-electron chi connectivity index (χ3n) is 3.95. The smallest absolute Gasteiger partial charge is 0.241 e. The molecular weight excluding hydrogens is 252 g/mol. The number of carbonyl (C=O) groups is 2. The number of carbonyl (C=O) groups excluding carboxylic acids is 2. The van der Waals surface area contributed by atoms with E-state index in [1.807, 2.05) is 37.4 Å². The Balaban J connectivity index is 1.73. The van der Waals surface area contributed by atoms with Crippen molar-refractivity contribution in [1.29, 1.82) is 0 Å². The van der Waals surface area contributed by atoms with Crippen molar-refractivity contribution in [3.8, 4) is 0 Å². The van der Waals surface area contributed by atoms with Gasteiger partial charge in [0.2, 0.25) is 11.8 Å². The van der Waals surface area contributed by atoms with Crippen LogP contribution in [0.2, 0.25) is 0 Å². The van der Waals surface area contributed by atoms with Crippen LogP contribution in [0.3, 0.4) is 0 Å². The second-order valence-electron chi connectivity index (χ2n) is 5.52. The molecule has 4 nitrogen and oxygen atoms in total. The third-order valence-corrected chi connectivity index (χ3v) is 3.95. The van der Waals surface area contributed by atoms with Gasteiger partial charge >= 0.3 is 0 Å². The van der Waals surface area contributed by atoms with Gasteiger partial charge in [-0.25, -0.2) is 0 Å². The van der Waals surface area contributed by atoms with E-state index in [-0.39, 0.29) is 24.4 Å². The zero-order chi connectivity index (χ0) is 14.5. The predicted octanol–water partition coefficient (Wildman–Crippen LogP) is 1.60. The second-order valence-corrected chi connectivity index (χ2v) is 5.52. The topological polar surface area (TPSA) is 49.4 Å². The standard InChI is InChI=1S/C16H22N2O2/c1-12(14-8-9-14)18(2)16(20)11-17-15(19)10-13-6-4-3-5-7-13/h3-7,12,14H,8-11H2,1-2H3,(H,17,19)/t12-/m1/s1. The van der Waals surface area contributed by atoms with E-state index in [1.54, 1.807) is 4.90 Å². The molecule has 1 aromatic rings. The molecule has 2 rings (SSSR count). The molecule has 0 bridgehead atoms. The van der Waals surface area contributed by atoms with Crippen molar-refractivity contribution in [3.05, 3.63) is 35.9 Å². The van der Waals surface area contributed by atoms with Crippen molar-refractivity contribution in [2.24, 2.45) is 5.92 Å². The maximum Gasteiger partial charge on any atom is 0.241 e. The first-order chi connectivity index (χ1) is 9.58. The maximum atomic E-state index is 12.0. The van der Waals surface area contributed by atoms with E-state index in [4.69, 9.17) is 0 Å². The van der Waals surface area contributed by atoms with Crippen LogP contribution in [0.5, 0.6) is 0 Å². The number of rotatable bonds is 6. The number of hydrogen-bond acceptors (Lipinski definition) is 2. The van der Waals surface area contributed by atoms with Gasteiger partial charge in [0.1, 0.15) is 0 Å². The van der Waals surface area contributed by atoms with Crippen LogP contribution in [-0.4, -0.2) is 36.3 Å². The maximum absolute atomic E-state index is 12.0. The molecule has 1 atom stereocenters. The molecule has 0 heterocycles. The SMILES string of the molecule is C[C@H](C1CC1)N(C)C(=O)CNC(=O)Cc1ccccc1. The Morgan fingerprint density at radius 3 is 2.55 bits per heavy atom. The summed E-state index contributed by atoms with van der Waals surface area (Å²) >= 11 is 0. The Morgan fingerprint density at radius 2 is 1.95 bits per heavy atom. The van der Waals surface area contributed by atoms with Crippen LogP contribution in [0.1, 0.15) is 25.3 Å². The van der Waals surface area contributed by atoms with E-state index in [0.717, 1.165) is 5.56 Å². The molecule has 1 saturated carbocycles. The molecule has 0 radical (unpaired) electrons. The number of nitrogens with zero attached hydrogens (tertiary/aromatic N) is 1. The highest BCUT2D eigenvalue weighted by Gasteiger charge is 2.32. The number of nitrogens with one attached hydrogen (secondary N) is 1. The summed E-state index contributed by atoms with van der Waals surface area (Å²) in [6.07, 6.45) is 2.73. The van der Waals surface area contributed by atoms with Crippen molar-refractivity contribution >= 4 is 11.8 Å². The monoisotopic (exact) mass is 274 g/mol. The van der Waals surface area contributed by atoms with E-state index >= 15 is 0 Å². The lowest BCUT2D eigenvalue weighted by atomic mass is 10.1. The molecule has 1 fully saturated rings. The molecule has 108 valence electrons. The van der Waals surface area contributed by atoms with E-state index in [1.165, 1.54) is 12.8 Å². The summed E-state index contributed by atoms with van der Waals surface area (Å²) in [6.45, 7) is 2.15. The first kappa shape index (κ1) is 14.6. The molecule has 1 aliphatic carbocycles. The number of amides is 2. The largest absolute Gasteiger partial charge is 0.347 e. The fourth-order valence-electron chi connectivity index (χ4n) is 2.26. The van der Waals surface area contributed by atoms with E-state index in [9.17, 15) is 9.59 Å². The van der Waals surface area contributed by atoms with E-state index in [0.29, 0.717) is 12.3 Å². The van der Waals surface area contributed by atoms with Crippen LogP contribution in [0, 0.1) is 5.92 Å². The highest BCUT2D eigenvalue weighted by molar-refractivity contribution is 5.85. The molecule has 0 aromatic heterocycles. The number of likely N-dealkylation sites (N-methyl/N-ethyl adjacent to an activating group) is 1. The van der Waals surface area contributed by atoms with Crippen molar-refractivity contribution in [3.63, 3.8) is 0 Å². The molecule has 0 saturated heterocycles. The Kier molecular flexibility index (Phi) is 4.77. The molecule has 1 aliphatic rings. The highest BCUT2D eigenvalue weighted by Crippen LogP contribution is 2.34. The summed E-state index contributed by atoms with van der Waals surface area (Å²) < 4.78 is 0. The fraction of sp³-hybridized carbons (Fsp3) is 0.500. The van der Waals surface area contributed by atoms with Crippen molar-refractivity contribution in [2.45, 2.75) is 32.2 Å². The quantitative estimate of drug-likeness (QED) is 0.856. The lowest BCUT2D eigenvalue weighted by molar-refractivity contribution is -0.133. The van der Waals surface area contributed by atoms with Crippen molar-refractivity contribution < 1.29 is 9.59 Å². The molecule has 4 heteroatoms. The molecular formula is C16H22N2O2. The van der Waals surface area contributed by atoms with Crippen molar-refractivity contribution in [1.82, 2.24) is 10.2 Å². The minimum absolute atomic E-state index is 0.0224. The van der Waals surface area contributed by atoms with Gasteiger partial charge < -0.3 is 10.2 Å². The zero-order valence-corrected chi connectivity index (χ0v) is 12.1. The first-order valence-corrected chi connectivity index (χ1v) is 7.14. The summed E-state index contributed by atoms with van der Waals surface area (Å²) in [5.74, 6) is 0.506. The van der Waals surface area contributed by atoms with E-state index < -0.39 is 0 Å². The number of hydrogen-bond donors (Lipinski definition) is 1. The molecule has 1 aromatic carbocycles. The van der Waals surface area contributed by atoms with Gasteiger partial charge in [-0.2, -0.15) is 0 Å². The van der Waals surface area contributed by atoms with Gasteiger partial charge in [0.05, 0.1) is 13.0 Å². The minimum Gasteiger partial charge on any atom is -0.347 e. The molecule has 1 N–H and O–H groups in total. The summed E-state index contributed by atoms with van der Waals surface area (Å²) in [5, 5.41) is 2.70. The number of benzene rings is 1. The lowest BCUT2D eigenvalue weighted by Crippen LogP contribution is -2.43.